The van der Waals surface area contributed by atoms with Crippen molar-refractivity contribution in [3.8, 4) is 11.5 Å². The fourth-order valence-corrected chi connectivity index (χ4v) is 3.76. The van der Waals surface area contributed by atoms with Crippen molar-refractivity contribution in [3.05, 3.63) is 27.1 Å². The number of benzene rings is 1. The van der Waals surface area contributed by atoms with Crippen LogP contribution >= 0.6 is 27.7 Å². The molecular weight excluding hydrogens is 426 g/mol. The molecule has 0 atom stereocenters. The molecule has 7 nitrogen and oxygen atoms in total. The number of carbonyl (C=O) groups is 3. The molecule has 0 N–H and O–H groups in total. The van der Waals surface area contributed by atoms with Crippen molar-refractivity contribution in [1.82, 2.24) is 4.90 Å². The lowest BCUT2D eigenvalue weighted by atomic mass is 10.1. The van der Waals surface area contributed by atoms with E-state index < -0.39 is 5.97 Å². The summed E-state index contributed by atoms with van der Waals surface area (Å²) in [5.74, 6) is -0.135. The van der Waals surface area contributed by atoms with Gasteiger partial charge in [-0.05, 0) is 65.3 Å². The van der Waals surface area contributed by atoms with Gasteiger partial charge in [-0.15, -0.1) is 0 Å². The molecule has 1 saturated heterocycles. The highest BCUT2D eigenvalue weighted by atomic mass is 79.9. The minimum Gasteiger partial charge on any atom is -0.493 e. The van der Waals surface area contributed by atoms with Crippen LogP contribution in [0.2, 0.25) is 0 Å². The summed E-state index contributed by atoms with van der Waals surface area (Å²) >= 11 is 4.26. The fourth-order valence-electron chi connectivity index (χ4n) is 2.23. The van der Waals surface area contributed by atoms with Gasteiger partial charge in [0.25, 0.3) is 11.1 Å². The van der Waals surface area contributed by atoms with Crippen LogP contribution in [0.4, 0.5) is 4.79 Å². The number of ether oxygens (including phenoxy) is 3. The predicted molar refractivity (Wildman–Crippen MR) is 101 cm³/mol. The molecule has 0 saturated carbocycles. The van der Waals surface area contributed by atoms with Gasteiger partial charge in [-0.2, -0.15) is 0 Å². The van der Waals surface area contributed by atoms with Gasteiger partial charge in [0.2, 0.25) is 0 Å². The molecular formula is C17H18BrNO6S. The van der Waals surface area contributed by atoms with E-state index in [2.05, 4.69) is 20.7 Å². The highest BCUT2D eigenvalue weighted by Crippen LogP contribution is 2.39. The number of carbonyl (C=O) groups excluding carboxylic acids is 3. The lowest BCUT2D eigenvalue weighted by Crippen LogP contribution is -2.34. The molecule has 9 heteroatoms. The first-order chi connectivity index (χ1) is 12.3. The van der Waals surface area contributed by atoms with Crippen LogP contribution in [0, 0.1) is 0 Å². The number of methoxy groups -OCH3 is 2. The summed E-state index contributed by atoms with van der Waals surface area (Å²) in [7, 11) is 2.73. The quantitative estimate of drug-likeness (QED) is 0.491. The minimum absolute atomic E-state index is 0.205. The Bertz CT molecular complexity index is 777. The molecule has 2 rings (SSSR count). The average molecular weight is 444 g/mol. The molecule has 0 aliphatic carbocycles. The van der Waals surface area contributed by atoms with E-state index in [-0.39, 0.29) is 23.8 Å². The number of halogens is 1. The molecule has 1 aromatic carbocycles. The molecule has 26 heavy (non-hydrogen) atoms. The third kappa shape index (κ3) is 4.39. The second-order valence-corrected chi connectivity index (χ2v) is 7.39. The van der Waals surface area contributed by atoms with Gasteiger partial charge in [-0.1, -0.05) is 0 Å². The van der Waals surface area contributed by atoms with Gasteiger partial charge in [0.1, 0.15) is 0 Å². The second-order valence-electron chi connectivity index (χ2n) is 5.54. The van der Waals surface area contributed by atoms with E-state index in [4.69, 9.17) is 9.47 Å². The number of nitrogens with zero attached hydrogens (tertiary/aromatic N) is 1. The van der Waals surface area contributed by atoms with Gasteiger partial charge in [0, 0.05) is 6.04 Å². The van der Waals surface area contributed by atoms with Crippen LogP contribution in [0.3, 0.4) is 0 Å². The summed E-state index contributed by atoms with van der Waals surface area (Å²) < 4.78 is 15.8. The van der Waals surface area contributed by atoms with Crippen molar-refractivity contribution < 1.29 is 28.6 Å². The Morgan fingerprint density at radius 3 is 2.54 bits per heavy atom. The fraction of sp³-hybridized carbons (Fsp3) is 0.353. The van der Waals surface area contributed by atoms with E-state index in [0.29, 0.717) is 26.4 Å². The maximum atomic E-state index is 12.4. The Morgan fingerprint density at radius 2 is 2.00 bits per heavy atom. The molecule has 1 heterocycles. The highest BCUT2D eigenvalue weighted by molar-refractivity contribution is 9.10. The third-order valence-electron chi connectivity index (χ3n) is 3.45. The number of amides is 2. The molecule has 140 valence electrons. The standard InChI is InChI=1S/C17H18BrNO6S/c1-9(2)19-16(21)13(26-17(19)22)7-10-5-11(18)15(12(6-10)23-3)25-8-14(20)24-4/h5-7,9H,8H2,1-4H3/b13-7+. The molecule has 0 bridgehead atoms. The lowest BCUT2D eigenvalue weighted by Gasteiger charge is -2.16. The van der Waals surface area contributed by atoms with E-state index >= 15 is 0 Å². The van der Waals surface area contributed by atoms with Crippen LogP contribution in [0.5, 0.6) is 11.5 Å². The average Bonchev–Trinajstić information content (AvgIpc) is 2.86. The predicted octanol–water partition coefficient (Wildman–Crippen LogP) is 3.45. The molecule has 1 aliphatic rings. The first kappa shape index (κ1) is 20.3. The van der Waals surface area contributed by atoms with Gasteiger partial charge >= 0.3 is 5.97 Å². The molecule has 0 aromatic heterocycles. The largest absolute Gasteiger partial charge is 0.493 e. The maximum absolute atomic E-state index is 12.4. The zero-order valence-electron chi connectivity index (χ0n) is 14.7. The maximum Gasteiger partial charge on any atom is 0.343 e. The number of thioether (sulfide) groups is 1. The van der Waals surface area contributed by atoms with Crippen LogP contribution in [0.1, 0.15) is 19.4 Å². The topological polar surface area (TPSA) is 82.1 Å². The summed E-state index contributed by atoms with van der Waals surface area (Å²) in [6, 6.07) is 3.16. The third-order valence-corrected chi connectivity index (χ3v) is 4.92. The molecule has 1 aromatic rings. The van der Waals surface area contributed by atoms with Crippen LogP contribution < -0.4 is 9.47 Å². The Balaban J connectivity index is 2.31. The summed E-state index contributed by atoms with van der Waals surface area (Å²) in [5.41, 5.74) is 0.647. The van der Waals surface area contributed by atoms with Gasteiger partial charge in [-0.25, -0.2) is 4.79 Å². The van der Waals surface area contributed by atoms with Crippen LogP contribution in [0.15, 0.2) is 21.5 Å². The second kappa shape index (κ2) is 8.59. The number of hydrogen-bond donors (Lipinski definition) is 0. The Hall–Kier alpha value is -2.00. The van der Waals surface area contributed by atoms with Crippen LogP contribution in [-0.4, -0.2) is 48.9 Å². The number of rotatable bonds is 6. The minimum atomic E-state index is -0.523. The van der Waals surface area contributed by atoms with Crippen molar-refractivity contribution >= 4 is 50.9 Å². The Morgan fingerprint density at radius 1 is 1.31 bits per heavy atom. The molecule has 0 unspecified atom stereocenters. The van der Waals surface area contributed by atoms with Crippen molar-refractivity contribution in [2.24, 2.45) is 0 Å². The van der Waals surface area contributed by atoms with Crippen molar-refractivity contribution in [1.29, 1.82) is 0 Å². The summed E-state index contributed by atoms with van der Waals surface area (Å²) in [6.07, 6.45) is 1.62. The molecule has 1 fully saturated rings. The Labute approximate surface area is 163 Å². The molecule has 2 amide bonds. The van der Waals surface area contributed by atoms with E-state index in [1.807, 2.05) is 0 Å². The van der Waals surface area contributed by atoms with Crippen molar-refractivity contribution in [2.45, 2.75) is 19.9 Å². The van der Waals surface area contributed by atoms with Crippen molar-refractivity contribution in [2.75, 3.05) is 20.8 Å². The normalized spacial score (nSPS) is 15.8. The molecule has 1 aliphatic heterocycles. The monoisotopic (exact) mass is 443 g/mol. The van der Waals surface area contributed by atoms with E-state index in [1.54, 1.807) is 32.1 Å². The van der Waals surface area contributed by atoms with E-state index in [9.17, 15) is 14.4 Å². The summed E-state index contributed by atoms with van der Waals surface area (Å²) in [4.78, 5) is 37.2. The number of imide groups is 1. The van der Waals surface area contributed by atoms with E-state index in [0.717, 1.165) is 11.8 Å². The van der Waals surface area contributed by atoms with Gasteiger partial charge in [-0.3, -0.25) is 14.5 Å². The van der Waals surface area contributed by atoms with Gasteiger partial charge < -0.3 is 14.2 Å². The van der Waals surface area contributed by atoms with Gasteiger partial charge in [0.05, 0.1) is 23.6 Å². The summed E-state index contributed by atoms with van der Waals surface area (Å²) in [5, 5.41) is -0.291. The zero-order chi connectivity index (χ0) is 19.4. The van der Waals surface area contributed by atoms with Crippen LogP contribution in [-0.2, 0) is 14.3 Å². The van der Waals surface area contributed by atoms with Gasteiger partial charge in [0.15, 0.2) is 18.1 Å². The van der Waals surface area contributed by atoms with E-state index in [1.165, 1.54) is 19.1 Å². The SMILES string of the molecule is COC(=O)COc1c(Br)cc(/C=C2/SC(=O)N(C(C)C)C2=O)cc1OC. The highest BCUT2D eigenvalue weighted by Gasteiger charge is 2.36. The lowest BCUT2D eigenvalue weighted by molar-refractivity contribution is -0.143. The van der Waals surface area contributed by atoms with Crippen molar-refractivity contribution in [3.63, 3.8) is 0 Å². The zero-order valence-corrected chi connectivity index (χ0v) is 17.1. The summed E-state index contributed by atoms with van der Waals surface area (Å²) in [6.45, 7) is 3.30. The molecule has 0 spiro atoms. The first-order valence-corrected chi connectivity index (χ1v) is 9.23. The Kier molecular flexibility index (Phi) is 6.71. The molecule has 0 radical (unpaired) electrons. The first-order valence-electron chi connectivity index (χ1n) is 7.62. The number of hydrogen-bond acceptors (Lipinski definition) is 7. The smallest absolute Gasteiger partial charge is 0.343 e. The van der Waals surface area contributed by atoms with Crippen LogP contribution in [0.25, 0.3) is 6.08 Å². The number of esters is 1.